The molecule has 1 saturated carbocycles. The molecule has 1 aliphatic rings. The Labute approximate surface area is 195 Å². The molecule has 1 atom stereocenters. The molecule has 0 bridgehead atoms. The predicted molar refractivity (Wildman–Crippen MR) is 132 cm³/mol. The molecule has 0 amide bonds. The maximum atomic E-state index is 14.5. The average Bonchev–Trinajstić information content (AvgIpc) is 2.80. The maximum Gasteiger partial charge on any atom is 0.145 e. The van der Waals surface area contributed by atoms with Gasteiger partial charge in [-0.05, 0) is 86.5 Å². The van der Waals surface area contributed by atoms with Gasteiger partial charge in [0, 0.05) is 19.6 Å². The quantitative estimate of drug-likeness (QED) is 0.200. The molecular weight excluding hydrogens is 403 g/mol. The number of aryl methyl sites for hydroxylation is 1. The van der Waals surface area contributed by atoms with Crippen molar-refractivity contribution in [3.63, 3.8) is 0 Å². The van der Waals surface area contributed by atoms with Gasteiger partial charge in [-0.15, -0.1) is 0 Å². The van der Waals surface area contributed by atoms with Crippen molar-refractivity contribution in [1.29, 1.82) is 0 Å². The van der Waals surface area contributed by atoms with Crippen molar-refractivity contribution >= 4 is 6.29 Å². The van der Waals surface area contributed by atoms with Crippen LogP contribution < -0.4 is 0 Å². The van der Waals surface area contributed by atoms with Crippen LogP contribution in [0.4, 0.5) is 4.39 Å². The van der Waals surface area contributed by atoms with Gasteiger partial charge in [-0.2, -0.15) is 0 Å². The van der Waals surface area contributed by atoms with E-state index in [9.17, 15) is 14.3 Å². The fraction of sp³-hybridized carbons (Fsp3) is 0.679. The largest absolute Gasteiger partial charge is 0.396 e. The average molecular weight is 449 g/mol. The van der Waals surface area contributed by atoms with Gasteiger partial charge < -0.3 is 9.84 Å². The highest BCUT2D eigenvalue weighted by Crippen LogP contribution is 2.38. The Kier molecular flexibility index (Phi) is 15.2. The zero-order valence-electron chi connectivity index (χ0n) is 20.6. The molecule has 0 aliphatic heterocycles. The summed E-state index contributed by atoms with van der Waals surface area (Å²) in [7, 11) is 1.70. The number of rotatable bonds is 13. The van der Waals surface area contributed by atoms with Crippen LogP contribution in [0.3, 0.4) is 0 Å². The van der Waals surface area contributed by atoms with E-state index in [1.54, 1.807) is 20.1 Å². The van der Waals surface area contributed by atoms with E-state index in [2.05, 4.69) is 19.6 Å². The summed E-state index contributed by atoms with van der Waals surface area (Å²) in [5.74, 6) is 1.40. The second-order valence-electron chi connectivity index (χ2n) is 9.44. The summed E-state index contributed by atoms with van der Waals surface area (Å²) >= 11 is 0. The van der Waals surface area contributed by atoms with Gasteiger partial charge in [-0.25, -0.2) is 4.39 Å². The van der Waals surface area contributed by atoms with Gasteiger partial charge in [0.1, 0.15) is 12.1 Å². The predicted octanol–water partition coefficient (Wildman–Crippen LogP) is 7.02. The highest BCUT2D eigenvalue weighted by Gasteiger charge is 2.25. The monoisotopic (exact) mass is 448 g/mol. The summed E-state index contributed by atoms with van der Waals surface area (Å²) in [4.78, 5) is 9.41. The maximum absolute atomic E-state index is 14.5. The second kappa shape index (κ2) is 17.0. The second-order valence-corrected chi connectivity index (χ2v) is 9.44. The molecular formula is C28H45FO3. The van der Waals surface area contributed by atoms with E-state index < -0.39 is 0 Å². The lowest BCUT2D eigenvalue weighted by Gasteiger charge is -2.30. The van der Waals surface area contributed by atoms with E-state index >= 15 is 0 Å². The molecule has 2 rings (SSSR count). The third-order valence-electron chi connectivity index (χ3n) is 6.47. The number of unbranched alkanes of at least 4 members (excludes halogenated alkanes) is 4. The van der Waals surface area contributed by atoms with Crippen LogP contribution >= 0.6 is 0 Å². The van der Waals surface area contributed by atoms with Gasteiger partial charge in [0.15, 0.2) is 0 Å². The van der Waals surface area contributed by atoms with E-state index in [1.165, 1.54) is 44.1 Å². The molecule has 0 radical (unpaired) electrons. The number of carbonyl (C=O) groups is 1. The van der Waals surface area contributed by atoms with Crippen molar-refractivity contribution < 1.29 is 19.0 Å². The molecule has 1 N–H and O–H groups in total. The van der Waals surface area contributed by atoms with Crippen LogP contribution in [0.5, 0.6) is 0 Å². The van der Waals surface area contributed by atoms with Crippen LogP contribution in [0.2, 0.25) is 0 Å². The number of halogens is 1. The molecule has 0 spiro atoms. The highest BCUT2D eigenvalue weighted by molar-refractivity contribution is 5.70. The number of aldehydes is 1. The van der Waals surface area contributed by atoms with Crippen LogP contribution in [0.1, 0.15) is 95.1 Å². The first-order valence-corrected chi connectivity index (χ1v) is 12.4. The van der Waals surface area contributed by atoms with Gasteiger partial charge in [-0.1, -0.05) is 51.3 Å². The van der Waals surface area contributed by atoms with Crippen molar-refractivity contribution in [2.75, 3.05) is 20.3 Å². The van der Waals surface area contributed by atoms with Crippen molar-refractivity contribution in [2.24, 2.45) is 11.8 Å². The summed E-state index contributed by atoms with van der Waals surface area (Å²) in [5, 5.41) is 9.46. The van der Waals surface area contributed by atoms with Gasteiger partial charge >= 0.3 is 0 Å². The summed E-state index contributed by atoms with van der Waals surface area (Å²) in [6, 6.07) is 5.99. The van der Waals surface area contributed by atoms with E-state index in [0.717, 1.165) is 44.0 Å². The molecule has 1 aromatic carbocycles. The smallest absolute Gasteiger partial charge is 0.145 e. The van der Waals surface area contributed by atoms with Crippen molar-refractivity contribution in [3.05, 3.63) is 47.3 Å². The number of aliphatic hydroxyl groups is 1. The van der Waals surface area contributed by atoms with Crippen molar-refractivity contribution in [1.82, 2.24) is 0 Å². The molecule has 1 aromatic rings. The topological polar surface area (TPSA) is 46.5 Å². The number of aliphatic hydroxyl groups excluding tert-OH is 1. The third kappa shape index (κ3) is 11.4. The lowest BCUT2D eigenvalue weighted by Crippen LogP contribution is -2.21. The van der Waals surface area contributed by atoms with Gasteiger partial charge in [0.05, 0.1) is 6.61 Å². The standard InChI is InChI=1S/C24H39FO2.C4H6O/c1-3-4-5-6-7-8-22-13-14-23(16-24(22)25)21-11-9-19(10-12-21)15-20(17-26)18-27-2;1-4(2)3-5/h13-14,16,19-21,26H,3-12,15,17-18H2,1-2H3;3H,1H2,2H3. The zero-order valence-corrected chi connectivity index (χ0v) is 20.6. The van der Waals surface area contributed by atoms with Gasteiger partial charge in [0.25, 0.3) is 0 Å². The number of hydrogen-bond donors (Lipinski definition) is 1. The molecule has 1 unspecified atom stereocenters. The molecule has 182 valence electrons. The first-order chi connectivity index (χ1) is 15.4. The van der Waals surface area contributed by atoms with Crippen molar-refractivity contribution in [3.8, 4) is 0 Å². The molecule has 0 saturated heterocycles. The van der Waals surface area contributed by atoms with E-state index in [0.29, 0.717) is 24.0 Å². The molecule has 0 aromatic heterocycles. The van der Waals surface area contributed by atoms with Crippen LogP contribution in [0.25, 0.3) is 0 Å². The van der Waals surface area contributed by atoms with Gasteiger partial charge in [-0.3, -0.25) is 4.79 Å². The van der Waals surface area contributed by atoms with E-state index in [1.807, 2.05) is 6.07 Å². The Balaban J connectivity index is 0.000000920. The van der Waals surface area contributed by atoms with E-state index in [4.69, 9.17) is 4.74 Å². The lowest BCUT2D eigenvalue weighted by atomic mass is 9.75. The Morgan fingerprint density at radius 3 is 2.41 bits per heavy atom. The number of methoxy groups -OCH3 is 1. The Hall–Kier alpha value is -1.52. The first-order valence-electron chi connectivity index (χ1n) is 12.4. The van der Waals surface area contributed by atoms with E-state index in [-0.39, 0.29) is 18.3 Å². The molecule has 4 heteroatoms. The van der Waals surface area contributed by atoms with Crippen LogP contribution in [-0.4, -0.2) is 31.7 Å². The Bertz CT molecular complexity index is 650. The summed E-state index contributed by atoms with van der Waals surface area (Å²) in [5.41, 5.74) is 2.63. The normalized spacial score (nSPS) is 19.0. The lowest BCUT2D eigenvalue weighted by molar-refractivity contribution is -0.104. The molecule has 1 aliphatic carbocycles. The van der Waals surface area contributed by atoms with Crippen LogP contribution in [0.15, 0.2) is 30.4 Å². The highest BCUT2D eigenvalue weighted by atomic mass is 19.1. The van der Waals surface area contributed by atoms with Crippen LogP contribution in [0, 0.1) is 17.7 Å². The fourth-order valence-corrected chi connectivity index (χ4v) is 4.57. The summed E-state index contributed by atoms with van der Waals surface area (Å²) in [6.07, 6.45) is 13.3. The molecule has 0 heterocycles. The number of carbonyl (C=O) groups excluding carboxylic acids is 1. The number of hydrogen-bond acceptors (Lipinski definition) is 3. The first kappa shape index (κ1) is 28.5. The zero-order chi connectivity index (χ0) is 23.8. The third-order valence-corrected chi connectivity index (χ3v) is 6.47. The molecule has 32 heavy (non-hydrogen) atoms. The fourth-order valence-electron chi connectivity index (χ4n) is 4.57. The Morgan fingerprint density at radius 2 is 1.88 bits per heavy atom. The SMILES string of the molecule is C=C(C)C=O.CCCCCCCc1ccc(C2CCC(CC(CO)COC)CC2)cc1F. The minimum atomic E-state index is -0.00875. The minimum absolute atomic E-state index is 0.00875. The molecule has 1 fully saturated rings. The van der Waals surface area contributed by atoms with Crippen LogP contribution in [-0.2, 0) is 16.0 Å². The summed E-state index contributed by atoms with van der Waals surface area (Å²) < 4.78 is 19.7. The number of benzene rings is 1. The Morgan fingerprint density at radius 1 is 1.22 bits per heavy atom. The molecule has 3 nitrogen and oxygen atoms in total. The van der Waals surface area contributed by atoms with Gasteiger partial charge in [0.2, 0.25) is 0 Å². The number of ether oxygens (including phenoxy) is 1. The number of allylic oxidation sites excluding steroid dienone is 1. The minimum Gasteiger partial charge on any atom is -0.396 e. The summed E-state index contributed by atoms with van der Waals surface area (Å²) in [6.45, 7) is 8.03. The van der Waals surface area contributed by atoms with Crippen molar-refractivity contribution in [2.45, 2.75) is 90.4 Å².